The van der Waals surface area contributed by atoms with Crippen LogP contribution in [0.3, 0.4) is 0 Å². The van der Waals surface area contributed by atoms with Gasteiger partial charge in [-0.05, 0) is 49.1 Å². The highest BCUT2D eigenvalue weighted by molar-refractivity contribution is 7.71. The zero-order chi connectivity index (χ0) is 17.1. The molecule has 0 N–H and O–H groups in total. The second-order valence-corrected chi connectivity index (χ2v) is 6.48. The second kappa shape index (κ2) is 7.44. The molecular weight excluding hydrogens is 367 g/mol. The van der Waals surface area contributed by atoms with Crippen LogP contribution in [0.4, 0.5) is 0 Å². The van der Waals surface area contributed by atoms with Crippen LogP contribution in [0.5, 0.6) is 0 Å². The lowest BCUT2D eigenvalue weighted by Crippen LogP contribution is -2.22. The number of hydrogen-bond acceptors (Lipinski definition) is 5. The van der Waals surface area contributed by atoms with E-state index in [-0.39, 0.29) is 0 Å². The van der Waals surface area contributed by atoms with E-state index in [1.807, 2.05) is 36.2 Å². The predicted molar refractivity (Wildman–Crippen MR) is 96.5 cm³/mol. The van der Waals surface area contributed by atoms with Crippen molar-refractivity contribution in [1.29, 1.82) is 0 Å². The molecule has 24 heavy (non-hydrogen) atoms. The molecule has 2 heterocycles. The number of benzene rings is 1. The van der Waals surface area contributed by atoms with Crippen molar-refractivity contribution in [2.24, 2.45) is 0 Å². The Morgan fingerprint density at radius 2 is 2.08 bits per heavy atom. The van der Waals surface area contributed by atoms with Gasteiger partial charge < -0.3 is 4.42 Å². The van der Waals surface area contributed by atoms with Gasteiger partial charge in [0.25, 0.3) is 4.84 Å². The molecule has 0 aliphatic carbocycles. The molecule has 8 heteroatoms. The van der Waals surface area contributed by atoms with E-state index in [4.69, 9.17) is 39.8 Å². The van der Waals surface area contributed by atoms with Crippen molar-refractivity contribution in [2.75, 3.05) is 7.05 Å². The number of rotatable bonds is 5. The highest BCUT2D eigenvalue weighted by Crippen LogP contribution is 2.23. The molecule has 5 nitrogen and oxygen atoms in total. The Hall–Kier alpha value is -1.73. The minimum atomic E-state index is 0.315. The van der Waals surface area contributed by atoms with Crippen LogP contribution in [0.25, 0.3) is 11.5 Å². The molecule has 0 radical (unpaired) electrons. The molecule has 0 unspecified atom stereocenters. The van der Waals surface area contributed by atoms with Gasteiger partial charge in [0.2, 0.25) is 5.89 Å². The summed E-state index contributed by atoms with van der Waals surface area (Å²) in [7, 11) is 1.96. The summed E-state index contributed by atoms with van der Waals surface area (Å²) in [6, 6.07) is 9.27. The molecule has 3 rings (SSSR count). The first-order chi connectivity index (χ1) is 11.5. The quantitative estimate of drug-likeness (QED) is 0.602. The first-order valence-electron chi connectivity index (χ1n) is 7.14. The Bertz CT molecular complexity index is 895. The smallest absolute Gasteiger partial charge is 0.288 e. The third kappa shape index (κ3) is 4.02. The molecule has 0 aliphatic heterocycles. The van der Waals surface area contributed by atoms with Gasteiger partial charge in [-0.25, -0.2) is 4.68 Å². The number of aromatic nitrogens is 3. The molecule has 0 saturated heterocycles. The van der Waals surface area contributed by atoms with Crippen LogP contribution < -0.4 is 0 Å². The Kier molecular flexibility index (Phi) is 5.30. The predicted octanol–water partition coefficient (Wildman–Crippen LogP) is 4.66. The van der Waals surface area contributed by atoms with Crippen LogP contribution >= 0.6 is 35.4 Å². The van der Waals surface area contributed by atoms with Gasteiger partial charge in [0.15, 0.2) is 0 Å². The Morgan fingerprint density at radius 1 is 1.25 bits per heavy atom. The van der Waals surface area contributed by atoms with Gasteiger partial charge >= 0.3 is 0 Å². The average molecular weight is 381 g/mol. The van der Waals surface area contributed by atoms with Crippen LogP contribution in [0, 0.1) is 4.84 Å². The van der Waals surface area contributed by atoms with Crippen LogP contribution in [0.1, 0.15) is 5.56 Å². The third-order valence-electron chi connectivity index (χ3n) is 3.33. The lowest BCUT2D eigenvalue weighted by Gasteiger charge is -2.16. The molecule has 0 bridgehead atoms. The zero-order valence-electron chi connectivity index (χ0n) is 12.8. The molecule has 0 spiro atoms. The van der Waals surface area contributed by atoms with Crippen molar-refractivity contribution in [3.05, 3.63) is 63.2 Å². The van der Waals surface area contributed by atoms with E-state index in [9.17, 15) is 0 Å². The van der Waals surface area contributed by atoms with E-state index in [0.29, 0.717) is 34.0 Å². The summed E-state index contributed by atoms with van der Waals surface area (Å²) in [4.78, 5) is 6.42. The molecule has 3 aromatic rings. The molecule has 2 aromatic heterocycles. The Morgan fingerprint density at radius 3 is 2.79 bits per heavy atom. The number of halogens is 2. The number of hydrogen-bond donors (Lipinski definition) is 0. The van der Waals surface area contributed by atoms with Gasteiger partial charge in [-0.2, -0.15) is 0 Å². The fourth-order valence-corrected chi connectivity index (χ4v) is 2.73. The highest BCUT2D eigenvalue weighted by Gasteiger charge is 2.10. The molecule has 0 aliphatic rings. The summed E-state index contributed by atoms with van der Waals surface area (Å²) < 4.78 is 7.18. The van der Waals surface area contributed by atoms with Gasteiger partial charge in [0.05, 0.1) is 22.3 Å². The number of nitrogens with zero attached hydrogens (tertiary/aromatic N) is 4. The van der Waals surface area contributed by atoms with Crippen LogP contribution in [-0.2, 0) is 13.2 Å². The molecule has 1 aromatic carbocycles. The maximum Gasteiger partial charge on any atom is 0.288 e. The minimum Gasteiger partial charge on any atom is -0.409 e. The largest absolute Gasteiger partial charge is 0.409 e. The van der Waals surface area contributed by atoms with E-state index in [0.717, 1.165) is 11.1 Å². The lowest BCUT2D eigenvalue weighted by atomic mass is 10.2. The first-order valence-corrected chi connectivity index (χ1v) is 8.30. The van der Waals surface area contributed by atoms with E-state index in [1.54, 1.807) is 23.1 Å². The van der Waals surface area contributed by atoms with Gasteiger partial charge in [-0.1, -0.05) is 29.3 Å². The van der Waals surface area contributed by atoms with Crippen molar-refractivity contribution in [3.63, 3.8) is 0 Å². The van der Waals surface area contributed by atoms with Crippen molar-refractivity contribution < 1.29 is 4.42 Å². The molecule has 0 saturated carbocycles. The van der Waals surface area contributed by atoms with E-state index in [2.05, 4.69) is 10.1 Å². The molecule has 0 fully saturated rings. The van der Waals surface area contributed by atoms with Crippen molar-refractivity contribution in [1.82, 2.24) is 19.7 Å². The fourth-order valence-electron chi connectivity index (χ4n) is 2.23. The topological polar surface area (TPSA) is 47.1 Å². The summed E-state index contributed by atoms with van der Waals surface area (Å²) in [6.07, 6.45) is 3.38. The zero-order valence-corrected chi connectivity index (χ0v) is 15.1. The molecular formula is C16H14Cl2N4OS. The normalized spacial score (nSPS) is 11.2. The van der Waals surface area contributed by atoms with Crippen molar-refractivity contribution in [2.45, 2.75) is 13.2 Å². The van der Waals surface area contributed by atoms with Crippen LogP contribution in [-0.4, -0.2) is 26.7 Å². The monoisotopic (exact) mass is 380 g/mol. The summed E-state index contributed by atoms with van der Waals surface area (Å²) in [6.45, 7) is 1.16. The van der Waals surface area contributed by atoms with Gasteiger partial charge in [-0.3, -0.25) is 9.88 Å². The Labute approximate surface area is 154 Å². The molecule has 0 atom stereocenters. The SMILES string of the molecule is CN(Cc1ccc(Cl)c(Cl)c1)Cn1nc(-c2cccnc2)oc1=S. The highest BCUT2D eigenvalue weighted by atomic mass is 35.5. The van der Waals surface area contributed by atoms with Gasteiger partial charge in [0.1, 0.15) is 0 Å². The molecule has 0 amide bonds. The van der Waals surface area contributed by atoms with E-state index >= 15 is 0 Å². The number of pyridine rings is 1. The summed E-state index contributed by atoms with van der Waals surface area (Å²) in [5, 5.41) is 5.50. The van der Waals surface area contributed by atoms with Crippen molar-refractivity contribution in [3.8, 4) is 11.5 Å². The standard InChI is InChI=1S/C16H14Cl2N4OS/c1-21(9-11-4-5-13(17)14(18)7-11)10-22-16(24)23-15(20-22)12-3-2-6-19-8-12/h2-8H,9-10H2,1H3. The van der Waals surface area contributed by atoms with E-state index < -0.39 is 0 Å². The minimum absolute atomic E-state index is 0.315. The third-order valence-corrected chi connectivity index (χ3v) is 4.36. The lowest BCUT2D eigenvalue weighted by molar-refractivity contribution is 0.241. The second-order valence-electron chi connectivity index (χ2n) is 5.32. The van der Waals surface area contributed by atoms with Gasteiger partial charge in [-0.15, -0.1) is 5.10 Å². The maximum absolute atomic E-state index is 6.05. The first kappa shape index (κ1) is 17.1. The Balaban J connectivity index is 1.72. The van der Waals surface area contributed by atoms with Gasteiger partial charge in [0, 0.05) is 18.9 Å². The average Bonchev–Trinajstić information content (AvgIpc) is 2.93. The van der Waals surface area contributed by atoms with Crippen LogP contribution in [0.2, 0.25) is 10.0 Å². The maximum atomic E-state index is 6.05. The molecule has 124 valence electrons. The fraction of sp³-hybridized carbons (Fsp3) is 0.188. The van der Waals surface area contributed by atoms with Crippen molar-refractivity contribution >= 4 is 35.4 Å². The van der Waals surface area contributed by atoms with Crippen LogP contribution in [0.15, 0.2) is 47.1 Å². The summed E-state index contributed by atoms with van der Waals surface area (Å²) in [5.74, 6) is 0.455. The summed E-state index contributed by atoms with van der Waals surface area (Å²) >= 11 is 17.2. The van der Waals surface area contributed by atoms with E-state index in [1.165, 1.54) is 0 Å². The summed E-state index contributed by atoms with van der Waals surface area (Å²) in [5.41, 5.74) is 1.84.